The molecule has 0 spiro atoms. The topological polar surface area (TPSA) is 32.3 Å². The van der Waals surface area contributed by atoms with Gasteiger partial charge in [0, 0.05) is 36.6 Å². The van der Waals surface area contributed by atoms with Crippen molar-refractivity contribution in [2.75, 3.05) is 25.4 Å². The Balaban J connectivity index is 2.35. The first-order valence-corrected chi connectivity index (χ1v) is 7.35. The molecular formula is C12H24N2OS. The molecule has 0 bridgehead atoms. The third kappa shape index (κ3) is 4.34. The Kier molecular flexibility index (Phi) is 6.21. The zero-order valence-electron chi connectivity index (χ0n) is 10.7. The summed E-state index contributed by atoms with van der Waals surface area (Å²) in [5, 5.41) is 3.93. The lowest BCUT2D eigenvalue weighted by Crippen LogP contribution is -2.44. The van der Waals surface area contributed by atoms with E-state index in [4.69, 9.17) is 0 Å². The highest BCUT2D eigenvalue weighted by Gasteiger charge is 2.23. The van der Waals surface area contributed by atoms with Gasteiger partial charge in [-0.25, -0.2) is 0 Å². The van der Waals surface area contributed by atoms with Crippen molar-refractivity contribution in [3.05, 3.63) is 0 Å². The molecule has 0 aromatic carbocycles. The highest BCUT2D eigenvalue weighted by molar-refractivity contribution is 8.00. The van der Waals surface area contributed by atoms with Crippen LogP contribution in [-0.2, 0) is 4.79 Å². The maximum absolute atomic E-state index is 12.0. The molecule has 1 N–H and O–H groups in total. The second-order valence-corrected chi connectivity index (χ2v) is 5.81. The molecule has 1 amide bonds. The van der Waals surface area contributed by atoms with Gasteiger partial charge in [-0.05, 0) is 19.9 Å². The van der Waals surface area contributed by atoms with Gasteiger partial charge in [0.15, 0.2) is 0 Å². The van der Waals surface area contributed by atoms with E-state index < -0.39 is 0 Å². The number of rotatable bonds is 5. The van der Waals surface area contributed by atoms with Crippen LogP contribution in [0.15, 0.2) is 0 Å². The summed E-state index contributed by atoms with van der Waals surface area (Å²) in [5.41, 5.74) is 0. The van der Waals surface area contributed by atoms with Gasteiger partial charge in [0.25, 0.3) is 0 Å². The summed E-state index contributed by atoms with van der Waals surface area (Å²) < 4.78 is 0. The van der Waals surface area contributed by atoms with Crippen LogP contribution in [-0.4, -0.2) is 47.5 Å². The molecular weight excluding hydrogens is 220 g/mol. The second kappa shape index (κ2) is 7.17. The third-order valence-electron chi connectivity index (χ3n) is 2.98. The quantitative estimate of drug-likeness (QED) is 0.799. The van der Waals surface area contributed by atoms with E-state index in [0.29, 0.717) is 23.6 Å². The molecule has 1 aliphatic rings. The van der Waals surface area contributed by atoms with Gasteiger partial charge < -0.3 is 10.2 Å². The largest absolute Gasteiger partial charge is 0.341 e. The molecule has 94 valence electrons. The van der Waals surface area contributed by atoms with Crippen molar-refractivity contribution in [3.63, 3.8) is 0 Å². The van der Waals surface area contributed by atoms with Crippen LogP contribution in [0.2, 0.25) is 0 Å². The van der Waals surface area contributed by atoms with Crippen LogP contribution >= 0.6 is 11.8 Å². The molecule has 0 aromatic heterocycles. The molecule has 2 atom stereocenters. The fourth-order valence-corrected chi connectivity index (χ4v) is 3.18. The molecule has 16 heavy (non-hydrogen) atoms. The normalized spacial score (nSPS) is 23.2. The van der Waals surface area contributed by atoms with E-state index >= 15 is 0 Å². The molecule has 1 saturated heterocycles. The number of carbonyl (C=O) groups is 1. The number of carbonyl (C=O) groups excluding carboxylic acids is 1. The van der Waals surface area contributed by atoms with Gasteiger partial charge in [-0.3, -0.25) is 4.79 Å². The minimum atomic E-state index is 0.298. The SMILES string of the molecule is CCNC(C)CC(=O)N1CCSC(CC)C1. The minimum Gasteiger partial charge on any atom is -0.341 e. The van der Waals surface area contributed by atoms with Gasteiger partial charge >= 0.3 is 0 Å². The number of thioether (sulfide) groups is 1. The lowest BCUT2D eigenvalue weighted by atomic mass is 10.2. The Labute approximate surface area is 103 Å². The van der Waals surface area contributed by atoms with Crippen molar-refractivity contribution >= 4 is 17.7 Å². The Morgan fingerprint density at radius 3 is 2.94 bits per heavy atom. The van der Waals surface area contributed by atoms with Crippen LogP contribution in [0.3, 0.4) is 0 Å². The molecule has 1 rings (SSSR count). The molecule has 0 aliphatic carbocycles. The van der Waals surface area contributed by atoms with E-state index in [2.05, 4.69) is 26.1 Å². The first-order chi connectivity index (χ1) is 7.67. The van der Waals surface area contributed by atoms with E-state index in [1.54, 1.807) is 0 Å². The molecule has 1 fully saturated rings. The Morgan fingerprint density at radius 1 is 1.56 bits per heavy atom. The molecule has 1 aliphatic heterocycles. The number of nitrogens with one attached hydrogen (secondary N) is 1. The van der Waals surface area contributed by atoms with Crippen LogP contribution in [0.1, 0.15) is 33.6 Å². The molecule has 3 nitrogen and oxygen atoms in total. The first-order valence-electron chi connectivity index (χ1n) is 6.30. The number of nitrogens with zero attached hydrogens (tertiary/aromatic N) is 1. The maximum atomic E-state index is 12.0. The smallest absolute Gasteiger partial charge is 0.224 e. The van der Waals surface area contributed by atoms with Crippen LogP contribution in [0.5, 0.6) is 0 Å². The highest BCUT2D eigenvalue weighted by Crippen LogP contribution is 2.21. The zero-order valence-corrected chi connectivity index (χ0v) is 11.5. The molecule has 0 aromatic rings. The van der Waals surface area contributed by atoms with E-state index in [0.717, 1.165) is 31.8 Å². The average molecular weight is 244 g/mol. The Bertz CT molecular complexity index is 223. The number of amides is 1. The molecule has 0 radical (unpaired) electrons. The van der Waals surface area contributed by atoms with Crippen LogP contribution in [0.4, 0.5) is 0 Å². The Hall–Kier alpha value is -0.220. The summed E-state index contributed by atoms with van der Waals surface area (Å²) >= 11 is 2.00. The van der Waals surface area contributed by atoms with Crippen molar-refractivity contribution in [3.8, 4) is 0 Å². The Morgan fingerprint density at radius 2 is 2.31 bits per heavy atom. The fourth-order valence-electron chi connectivity index (χ4n) is 2.00. The maximum Gasteiger partial charge on any atom is 0.224 e. The fraction of sp³-hybridized carbons (Fsp3) is 0.917. The van der Waals surface area contributed by atoms with Crippen molar-refractivity contribution < 1.29 is 4.79 Å². The van der Waals surface area contributed by atoms with Gasteiger partial charge in [0.2, 0.25) is 5.91 Å². The lowest BCUT2D eigenvalue weighted by Gasteiger charge is -2.32. The predicted octanol–water partition coefficient (Wildman–Crippen LogP) is 1.73. The number of hydrogen-bond acceptors (Lipinski definition) is 3. The molecule has 2 unspecified atom stereocenters. The predicted molar refractivity (Wildman–Crippen MR) is 70.9 cm³/mol. The summed E-state index contributed by atoms with van der Waals surface area (Å²) in [7, 11) is 0. The molecule has 4 heteroatoms. The average Bonchev–Trinajstić information content (AvgIpc) is 2.29. The van der Waals surface area contributed by atoms with Crippen molar-refractivity contribution in [2.24, 2.45) is 0 Å². The zero-order chi connectivity index (χ0) is 12.0. The summed E-state index contributed by atoms with van der Waals surface area (Å²) in [4.78, 5) is 14.1. The van der Waals surface area contributed by atoms with Crippen molar-refractivity contribution in [1.29, 1.82) is 0 Å². The van der Waals surface area contributed by atoms with E-state index in [-0.39, 0.29) is 0 Å². The standard InChI is InChI=1S/C12H24N2OS/c1-4-11-9-14(6-7-16-11)12(15)8-10(3)13-5-2/h10-11,13H,4-9H2,1-3H3. The molecule has 0 saturated carbocycles. The van der Waals surface area contributed by atoms with Crippen LogP contribution in [0, 0.1) is 0 Å². The van der Waals surface area contributed by atoms with Gasteiger partial charge in [0.1, 0.15) is 0 Å². The minimum absolute atomic E-state index is 0.298. The van der Waals surface area contributed by atoms with E-state index in [9.17, 15) is 4.79 Å². The van der Waals surface area contributed by atoms with Crippen molar-refractivity contribution in [2.45, 2.75) is 44.9 Å². The van der Waals surface area contributed by atoms with Gasteiger partial charge in [-0.2, -0.15) is 11.8 Å². The van der Waals surface area contributed by atoms with Crippen LogP contribution in [0.25, 0.3) is 0 Å². The summed E-state index contributed by atoms with van der Waals surface area (Å²) in [6.45, 7) is 9.16. The first kappa shape index (κ1) is 13.8. The van der Waals surface area contributed by atoms with E-state index in [1.807, 2.05) is 16.7 Å². The third-order valence-corrected chi connectivity index (χ3v) is 4.35. The van der Waals surface area contributed by atoms with Gasteiger partial charge in [-0.1, -0.05) is 13.8 Å². The molecule has 1 heterocycles. The van der Waals surface area contributed by atoms with E-state index in [1.165, 1.54) is 0 Å². The van der Waals surface area contributed by atoms with Gasteiger partial charge in [-0.15, -0.1) is 0 Å². The van der Waals surface area contributed by atoms with Gasteiger partial charge in [0.05, 0.1) is 0 Å². The number of hydrogen-bond donors (Lipinski definition) is 1. The monoisotopic (exact) mass is 244 g/mol. The van der Waals surface area contributed by atoms with Crippen LogP contribution < -0.4 is 5.32 Å². The van der Waals surface area contributed by atoms with Crippen molar-refractivity contribution in [1.82, 2.24) is 10.2 Å². The summed E-state index contributed by atoms with van der Waals surface area (Å²) in [6, 6.07) is 0.298. The second-order valence-electron chi connectivity index (χ2n) is 4.40. The summed E-state index contributed by atoms with van der Waals surface area (Å²) in [6.07, 6.45) is 1.80. The lowest BCUT2D eigenvalue weighted by molar-refractivity contribution is -0.131. The highest BCUT2D eigenvalue weighted by atomic mass is 32.2. The summed E-state index contributed by atoms with van der Waals surface area (Å²) in [5.74, 6) is 1.41.